The third-order valence-electron chi connectivity index (χ3n) is 3.15. The molecule has 0 bridgehead atoms. The zero-order valence-corrected chi connectivity index (χ0v) is 12.1. The van der Waals surface area contributed by atoms with Gasteiger partial charge in [-0.05, 0) is 19.1 Å². The zero-order valence-electron chi connectivity index (χ0n) is 11.2. The molecule has 4 heteroatoms. The summed E-state index contributed by atoms with van der Waals surface area (Å²) < 4.78 is 5.38. The average molecular weight is 284 g/mol. The number of benzene rings is 1. The van der Waals surface area contributed by atoms with Gasteiger partial charge in [-0.25, -0.2) is 4.98 Å². The van der Waals surface area contributed by atoms with E-state index in [0.29, 0.717) is 0 Å². The minimum atomic E-state index is 0.189. The fourth-order valence-corrected chi connectivity index (χ4v) is 2.77. The summed E-state index contributed by atoms with van der Waals surface area (Å²) in [5, 5.41) is 6.61. The van der Waals surface area contributed by atoms with Crippen LogP contribution in [0.3, 0.4) is 0 Å². The molecule has 0 amide bonds. The molecule has 0 radical (unpaired) electrons. The van der Waals surface area contributed by atoms with Crippen molar-refractivity contribution >= 4 is 11.3 Å². The number of thiazole rings is 1. The van der Waals surface area contributed by atoms with Crippen LogP contribution in [-0.2, 0) is 6.54 Å². The maximum absolute atomic E-state index is 5.38. The van der Waals surface area contributed by atoms with Gasteiger partial charge in [0.2, 0.25) is 0 Å². The monoisotopic (exact) mass is 284 g/mol. The minimum Gasteiger partial charge on any atom is -0.468 e. The van der Waals surface area contributed by atoms with Crippen molar-refractivity contribution in [2.45, 2.75) is 19.5 Å². The van der Waals surface area contributed by atoms with Crippen LogP contribution in [-0.4, -0.2) is 4.98 Å². The lowest BCUT2D eigenvalue weighted by molar-refractivity contribution is 0.430. The summed E-state index contributed by atoms with van der Waals surface area (Å²) in [7, 11) is 0. The van der Waals surface area contributed by atoms with Gasteiger partial charge in [0.05, 0.1) is 18.0 Å². The lowest BCUT2D eigenvalue weighted by atomic mass is 10.2. The van der Waals surface area contributed by atoms with Crippen molar-refractivity contribution in [3.8, 4) is 11.3 Å². The predicted molar refractivity (Wildman–Crippen MR) is 81.5 cm³/mol. The van der Waals surface area contributed by atoms with Crippen LogP contribution >= 0.6 is 11.3 Å². The van der Waals surface area contributed by atoms with E-state index in [9.17, 15) is 0 Å². The second-order valence-electron chi connectivity index (χ2n) is 4.61. The van der Waals surface area contributed by atoms with Crippen LogP contribution in [0.2, 0.25) is 0 Å². The molecule has 1 aromatic carbocycles. The summed E-state index contributed by atoms with van der Waals surface area (Å²) in [5.41, 5.74) is 2.20. The molecule has 3 nitrogen and oxygen atoms in total. The van der Waals surface area contributed by atoms with Crippen LogP contribution in [0.5, 0.6) is 0 Å². The van der Waals surface area contributed by atoms with E-state index in [1.807, 2.05) is 30.3 Å². The molecular formula is C16H16N2OS. The maximum Gasteiger partial charge on any atom is 0.120 e. The van der Waals surface area contributed by atoms with Crippen molar-refractivity contribution in [3.63, 3.8) is 0 Å². The molecule has 0 unspecified atom stereocenters. The van der Waals surface area contributed by atoms with E-state index >= 15 is 0 Å². The van der Waals surface area contributed by atoms with Gasteiger partial charge >= 0.3 is 0 Å². The van der Waals surface area contributed by atoms with Gasteiger partial charge in [-0.1, -0.05) is 30.3 Å². The van der Waals surface area contributed by atoms with Crippen molar-refractivity contribution in [1.82, 2.24) is 10.3 Å². The van der Waals surface area contributed by atoms with Gasteiger partial charge < -0.3 is 9.73 Å². The number of hydrogen-bond donors (Lipinski definition) is 1. The Hall–Kier alpha value is -1.91. The Bertz CT molecular complexity index is 646. The highest BCUT2D eigenvalue weighted by molar-refractivity contribution is 7.09. The summed E-state index contributed by atoms with van der Waals surface area (Å²) in [4.78, 5) is 4.66. The molecule has 102 valence electrons. The molecule has 3 rings (SSSR count). The minimum absolute atomic E-state index is 0.189. The topological polar surface area (TPSA) is 38.1 Å². The molecule has 0 aliphatic rings. The lowest BCUT2D eigenvalue weighted by Crippen LogP contribution is -2.17. The third-order valence-corrected chi connectivity index (χ3v) is 4.00. The fraction of sp³-hybridized carbons (Fsp3) is 0.188. The van der Waals surface area contributed by atoms with E-state index in [2.05, 4.69) is 34.7 Å². The van der Waals surface area contributed by atoms with Gasteiger partial charge in [-0.3, -0.25) is 0 Å². The molecule has 0 saturated carbocycles. The van der Waals surface area contributed by atoms with Crippen molar-refractivity contribution in [2.24, 2.45) is 0 Å². The zero-order chi connectivity index (χ0) is 13.8. The van der Waals surface area contributed by atoms with Gasteiger partial charge in [0.25, 0.3) is 0 Å². The first-order chi connectivity index (χ1) is 9.83. The Labute approximate surface area is 122 Å². The first kappa shape index (κ1) is 13.1. The number of rotatable bonds is 5. The van der Waals surface area contributed by atoms with Gasteiger partial charge in [-0.15, -0.1) is 11.3 Å². The summed E-state index contributed by atoms with van der Waals surface area (Å²) in [5.74, 6) is 0.949. The Balaban J connectivity index is 1.63. The molecule has 20 heavy (non-hydrogen) atoms. The van der Waals surface area contributed by atoms with Crippen LogP contribution in [0.1, 0.15) is 23.7 Å². The Morgan fingerprint density at radius 1 is 1.20 bits per heavy atom. The van der Waals surface area contributed by atoms with Crippen LogP contribution in [0, 0.1) is 0 Å². The largest absolute Gasteiger partial charge is 0.468 e. The van der Waals surface area contributed by atoms with E-state index < -0.39 is 0 Å². The second kappa shape index (κ2) is 6.03. The number of furan rings is 1. The van der Waals surface area contributed by atoms with Crippen molar-refractivity contribution in [3.05, 3.63) is 64.9 Å². The van der Waals surface area contributed by atoms with Crippen molar-refractivity contribution in [1.29, 1.82) is 0 Å². The Kier molecular flexibility index (Phi) is 3.95. The molecule has 2 heterocycles. The maximum atomic E-state index is 5.38. The first-order valence-electron chi connectivity index (χ1n) is 6.59. The quantitative estimate of drug-likeness (QED) is 0.761. The summed E-state index contributed by atoms with van der Waals surface area (Å²) in [6.45, 7) is 2.84. The number of hydrogen-bond acceptors (Lipinski definition) is 4. The van der Waals surface area contributed by atoms with Gasteiger partial charge in [0.1, 0.15) is 10.8 Å². The second-order valence-corrected chi connectivity index (χ2v) is 5.55. The molecule has 0 aliphatic carbocycles. The Morgan fingerprint density at radius 3 is 2.80 bits per heavy atom. The summed E-state index contributed by atoms with van der Waals surface area (Å²) in [6, 6.07) is 14.3. The molecule has 2 aromatic heterocycles. The molecule has 0 fully saturated rings. The summed E-state index contributed by atoms with van der Waals surface area (Å²) >= 11 is 1.68. The Morgan fingerprint density at radius 2 is 2.05 bits per heavy atom. The van der Waals surface area contributed by atoms with Crippen molar-refractivity contribution in [2.75, 3.05) is 0 Å². The van der Waals surface area contributed by atoms with E-state index in [4.69, 9.17) is 4.42 Å². The first-order valence-corrected chi connectivity index (χ1v) is 7.47. The SMILES string of the molecule is C[C@@H](NCc1nc(-c2ccccc2)cs1)c1ccco1. The summed E-state index contributed by atoms with van der Waals surface area (Å²) in [6.07, 6.45) is 1.70. The number of nitrogens with zero attached hydrogens (tertiary/aromatic N) is 1. The van der Waals surface area contributed by atoms with Crippen LogP contribution in [0.15, 0.2) is 58.5 Å². The highest BCUT2D eigenvalue weighted by Crippen LogP contribution is 2.22. The van der Waals surface area contributed by atoms with Crippen LogP contribution in [0.25, 0.3) is 11.3 Å². The lowest BCUT2D eigenvalue weighted by Gasteiger charge is -2.09. The molecule has 1 atom stereocenters. The van der Waals surface area contributed by atoms with E-state index in [1.54, 1.807) is 17.6 Å². The van der Waals surface area contributed by atoms with Crippen LogP contribution in [0.4, 0.5) is 0 Å². The van der Waals surface area contributed by atoms with E-state index in [0.717, 1.165) is 28.6 Å². The molecule has 0 aliphatic heterocycles. The number of aromatic nitrogens is 1. The molecule has 0 spiro atoms. The van der Waals surface area contributed by atoms with Gasteiger partial charge in [0.15, 0.2) is 0 Å². The third kappa shape index (κ3) is 2.98. The molecular weight excluding hydrogens is 268 g/mol. The normalized spacial score (nSPS) is 12.4. The van der Waals surface area contributed by atoms with E-state index in [1.165, 1.54) is 0 Å². The van der Waals surface area contributed by atoms with E-state index in [-0.39, 0.29) is 6.04 Å². The molecule has 1 N–H and O–H groups in total. The highest BCUT2D eigenvalue weighted by atomic mass is 32.1. The molecule has 0 saturated heterocycles. The average Bonchev–Trinajstić information content (AvgIpc) is 3.17. The molecule has 3 aromatic rings. The van der Waals surface area contributed by atoms with Crippen molar-refractivity contribution < 1.29 is 4.42 Å². The number of nitrogens with one attached hydrogen (secondary N) is 1. The standard InChI is InChI=1S/C16H16N2OS/c1-12(15-8-5-9-19-15)17-10-16-18-14(11-20-16)13-6-3-2-4-7-13/h2-9,11-12,17H,10H2,1H3/t12-/m1/s1. The smallest absolute Gasteiger partial charge is 0.120 e. The highest BCUT2D eigenvalue weighted by Gasteiger charge is 2.09. The van der Waals surface area contributed by atoms with Crippen LogP contribution < -0.4 is 5.32 Å². The fourth-order valence-electron chi connectivity index (χ4n) is 2.01. The van der Waals surface area contributed by atoms with Gasteiger partial charge in [-0.2, -0.15) is 0 Å². The van der Waals surface area contributed by atoms with Gasteiger partial charge in [0, 0.05) is 17.5 Å². The predicted octanol–water partition coefficient (Wildman–Crippen LogP) is 4.25.